The smallest absolute Gasteiger partial charge is 0.184 e. The Hall–Kier alpha value is -1.53. The van der Waals surface area contributed by atoms with Crippen LogP contribution in [0.5, 0.6) is 5.75 Å². The fourth-order valence-corrected chi connectivity index (χ4v) is 1.93. The van der Waals surface area contributed by atoms with Gasteiger partial charge in [-0.3, -0.25) is 0 Å². The minimum absolute atomic E-state index is 0.348. The first kappa shape index (κ1) is 15.5. The second-order valence-corrected chi connectivity index (χ2v) is 4.79. The largest absolute Gasteiger partial charge is 0.476 e. The van der Waals surface area contributed by atoms with E-state index in [0.29, 0.717) is 12.5 Å². The first-order valence-electron chi connectivity index (χ1n) is 7.08. The maximum absolute atomic E-state index is 8.86. The van der Waals surface area contributed by atoms with Gasteiger partial charge in [0.2, 0.25) is 0 Å². The molecule has 0 aromatic heterocycles. The van der Waals surface area contributed by atoms with Crippen molar-refractivity contribution in [2.45, 2.75) is 52.2 Å². The summed E-state index contributed by atoms with van der Waals surface area (Å²) in [5, 5.41) is 12.3. The molecule has 0 saturated carbocycles. The van der Waals surface area contributed by atoms with Crippen LogP contribution in [-0.2, 0) is 6.42 Å². The van der Waals surface area contributed by atoms with Crippen molar-refractivity contribution in [1.82, 2.24) is 5.32 Å². The molecule has 0 spiro atoms. The van der Waals surface area contributed by atoms with Gasteiger partial charge in [0.15, 0.2) is 6.10 Å². The summed E-state index contributed by atoms with van der Waals surface area (Å²) in [5.74, 6) is 0.775. The van der Waals surface area contributed by atoms with E-state index < -0.39 is 0 Å². The van der Waals surface area contributed by atoms with Gasteiger partial charge < -0.3 is 10.1 Å². The van der Waals surface area contributed by atoms with Crippen LogP contribution >= 0.6 is 0 Å². The van der Waals surface area contributed by atoms with E-state index >= 15 is 0 Å². The lowest BCUT2D eigenvalue weighted by Gasteiger charge is -2.13. The van der Waals surface area contributed by atoms with Crippen molar-refractivity contribution in [3.8, 4) is 11.8 Å². The summed E-state index contributed by atoms with van der Waals surface area (Å²) < 4.78 is 5.56. The van der Waals surface area contributed by atoms with Crippen LogP contribution in [-0.4, -0.2) is 18.7 Å². The first-order chi connectivity index (χ1) is 9.19. The number of ether oxygens (including phenoxy) is 1. The van der Waals surface area contributed by atoms with E-state index in [-0.39, 0.29) is 6.10 Å². The normalized spacial score (nSPS) is 13.6. The monoisotopic (exact) mass is 260 g/mol. The molecule has 2 unspecified atom stereocenters. The van der Waals surface area contributed by atoms with Gasteiger partial charge in [-0.05, 0) is 50.4 Å². The Morgan fingerprint density at radius 1 is 1.26 bits per heavy atom. The molecule has 0 saturated heterocycles. The molecule has 1 aromatic rings. The van der Waals surface area contributed by atoms with Gasteiger partial charge in [0.25, 0.3) is 0 Å². The molecule has 0 radical (unpaired) electrons. The Labute approximate surface area is 116 Å². The quantitative estimate of drug-likeness (QED) is 0.780. The van der Waals surface area contributed by atoms with Gasteiger partial charge in [-0.15, -0.1) is 0 Å². The molecular formula is C16H24N2O. The number of nitriles is 1. The highest BCUT2D eigenvalue weighted by Gasteiger charge is 2.06. The van der Waals surface area contributed by atoms with Crippen molar-refractivity contribution in [2.75, 3.05) is 6.54 Å². The number of nitrogens with one attached hydrogen (secondary N) is 1. The number of hydrogen-bond acceptors (Lipinski definition) is 3. The van der Waals surface area contributed by atoms with Gasteiger partial charge in [-0.2, -0.15) is 5.26 Å². The molecule has 3 nitrogen and oxygen atoms in total. The Kier molecular flexibility index (Phi) is 6.99. The number of nitrogens with zero attached hydrogens (tertiary/aromatic N) is 1. The fourth-order valence-electron chi connectivity index (χ4n) is 1.93. The third kappa shape index (κ3) is 5.76. The minimum atomic E-state index is -0.348. The number of hydrogen-bond donors (Lipinski definition) is 1. The zero-order valence-electron chi connectivity index (χ0n) is 12.1. The van der Waals surface area contributed by atoms with Gasteiger partial charge in [0.1, 0.15) is 11.8 Å². The number of aryl methyl sites for hydroxylation is 1. The topological polar surface area (TPSA) is 45.0 Å². The summed E-state index contributed by atoms with van der Waals surface area (Å²) in [6.07, 6.45) is 2.55. The van der Waals surface area contributed by atoms with E-state index in [1.807, 2.05) is 19.1 Å². The molecule has 0 aliphatic rings. The average Bonchev–Trinajstić information content (AvgIpc) is 2.44. The van der Waals surface area contributed by atoms with Crippen LogP contribution < -0.4 is 10.1 Å². The standard InChI is InChI=1S/C16H24N2O/c1-4-15(12-17)19-16-10-8-14(9-11-16)7-6-13(3)18-5-2/h8-11,13,15,18H,4-7H2,1-3H3. The second-order valence-electron chi connectivity index (χ2n) is 4.79. The average molecular weight is 260 g/mol. The molecular weight excluding hydrogens is 236 g/mol. The summed E-state index contributed by atoms with van der Waals surface area (Å²) in [5.41, 5.74) is 1.31. The van der Waals surface area contributed by atoms with Crippen molar-refractivity contribution in [3.05, 3.63) is 29.8 Å². The molecule has 0 bridgehead atoms. The second kappa shape index (κ2) is 8.55. The van der Waals surface area contributed by atoms with Crippen LogP contribution in [0, 0.1) is 11.3 Å². The summed E-state index contributed by atoms with van der Waals surface area (Å²) in [4.78, 5) is 0. The molecule has 0 aliphatic heterocycles. The summed E-state index contributed by atoms with van der Waals surface area (Å²) in [6, 6.07) is 10.7. The molecule has 19 heavy (non-hydrogen) atoms. The molecule has 3 heteroatoms. The van der Waals surface area contributed by atoms with E-state index in [9.17, 15) is 0 Å². The Morgan fingerprint density at radius 3 is 2.47 bits per heavy atom. The SMILES string of the molecule is CCNC(C)CCc1ccc(OC(C#N)CC)cc1. The third-order valence-corrected chi connectivity index (χ3v) is 3.14. The number of rotatable bonds is 8. The maximum Gasteiger partial charge on any atom is 0.184 e. The van der Waals surface area contributed by atoms with Gasteiger partial charge in [-0.25, -0.2) is 0 Å². The van der Waals surface area contributed by atoms with Gasteiger partial charge in [0.05, 0.1) is 0 Å². The Bertz CT molecular complexity index is 394. The minimum Gasteiger partial charge on any atom is -0.476 e. The van der Waals surface area contributed by atoms with E-state index in [2.05, 4.69) is 37.4 Å². The molecule has 104 valence electrons. The molecule has 1 aromatic carbocycles. The predicted octanol–water partition coefficient (Wildman–Crippen LogP) is 3.30. The predicted molar refractivity (Wildman–Crippen MR) is 78.2 cm³/mol. The van der Waals surface area contributed by atoms with Crippen LogP contribution in [0.25, 0.3) is 0 Å². The molecule has 0 amide bonds. The summed E-state index contributed by atoms with van der Waals surface area (Å²) in [7, 11) is 0. The zero-order chi connectivity index (χ0) is 14.1. The fraction of sp³-hybridized carbons (Fsp3) is 0.562. The van der Waals surface area contributed by atoms with Gasteiger partial charge in [0, 0.05) is 6.04 Å². The van der Waals surface area contributed by atoms with E-state index in [0.717, 1.165) is 25.1 Å². The van der Waals surface area contributed by atoms with Crippen LogP contribution in [0.2, 0.25) is 0 Å². The van der Waals surface area contributed by atoms with Crippen LogP contribution in [0.4, 0.5) is 0 Å². The lowest BCUT2D eigenvalue weighted by atomic mass is 10.1. The lowest BCUT2D eigenvalue weighted by molar-refractivity contribution is 0.252. The number of benzene rings is 1. The van der Waals surface area contributed by atoms with Gasteiger partial charge >= 0.3 is 0 Å². The third-order valence-electron chi connectivity index (χ3n) is 3.14. The maximum atomic E-state index is 8.86. The molecule has 0 aliphatic carbocycles. The van der Waals surface area contributed by atoms with E-state index in [1.165, 1.54) is 5.56 Å². The van der Waals surface area contributed by atoms with Gasteiger partial charge in [-0.1, -0.05) is 26.0 Å². The highest BCUT2D eigenvalue weighted by molar-refractivity contribution is 5.28. The zero-order valence-corrected chi connectivity index (χ0v) is 12.1. The van der Waals surface area contributed by atoms with Crippen molar-refractivity contribution in [2.24, 2.45) is 0 Å². The van der Waals surface area contributed by atoms with Crippen molar-refractivity contribution in [1.29, 1.82) is 5.26 Å². The van der Waals surface area contributed by atoms with E-state index in [4.69, 9.17) is 10.00 Å². The van der Waals surface area contributed by atoms with Crippen LogP contribution in [0.1, 0.15) is 39.2 Å². The van der Waals surface area contributed by atoms with Crippen molar-refractivity contribution < 1.29 is 4.74 Å². The highest BCUT2D eigenvalue weighted by Crippen LogP contribution is 2.16. The molecule has 0 heterocycles. The molecule has 2 atom stereocenters. The lowest BCUT2D eigenvalue weighted by Crippen LogP contribution is -2.25. The van der Waals surface area contributed by atoms with E-state index in [1.54, 1.807) is 0 Å². The first-order valence-corrected chi connectivity index (χ1v) is 7.08. The molecule has 1 rings (SSSR count). The van der Waals surface area contributed by atoms with Crippen molar-refractivity contribution in [3.63, 3.8) is 0 Å². The highest BCUT2D eigenvalue weighted by atomic mass is 16.5. The summed E-state index contributed by atoms with van der Waals surface area (Å²) >= 11 is 0. The molecule has 1 N–H and O–H groups in total. The van der Waals surface area contributed by atoms with Crippen molar-refractivity contribution >= 4 is 0 Å². The van der Waals surface area contributed by atoms with Crippen LogP contribution in [0.3, 0.4) is 0 Å². The Morgan fingerprint density at radius 2 is 1.95 bits per heavy atom. The Balaban J connectivity index is 2.45. The molecule has 0 fully saturated rings. The summed E-state index contributed by atoms with van der Waals surface area (Å²) in [6.45, 7) is 7.30. The van der Waals surface area contributed by atoms with Crippen LogP contribution in [0.15, 0.2) is 24.3 Å².